The maximum absolute atomic E-state index is 14.4. The van der Waals surface area contributed by atoms with Crippen LogP contribution in [0, 0.1) is 5.82 Å². The summed E-state index contributed by atoms with van der Waals surface area (Å²) in [5.41, 5.74) is -1.45. The van der Waals surface area contributed by atoms with E-state index in [2.05, 4.69) is 31.9 Å². The second-order valence-corrected chi connectivity index (χ2v) is 6.87. The van der Waals surface area contributed by atoms with E-state index in [-0.39, 0.29) is 37.4 Å². The highest BCUT2D eigenvalue weighted by molar-refractivity contribution is 9.11. The maximum atomic E-state index is 14.4. The third-order valence-electron chi connectivity index (χ3n) is 3.35. The minimum atomic E-state index is -4.67. The van der Waals surface area contributed by atoms with Gasteiger partial charge in [0.15, 0.2) is 0 Å². The fraction of sp³-hybridized carbons (Fsp3) is 0.267. The molecule has 0 saturated carbocycles. The molecule has 0 aliphatic carbocycles. The van der Waals surface area contributed by atoms with Gasteiger partial charge >= 0.3 is 12.1 Å². The van der Waals surface area contributed by atoms with E-state index in [4.69, 9.17) is 16.3 Å². The SMILES string of the molecule is CCOC(=O)c1cc(-c2c(Br)c(C(F)(F)F)n(C)c2Br)c(F)cc1Cl. The molecule has 0 saturated heterocycles. The normalized spacial score (nSPS) is 11.7. The summed E-state index contributed by atoms with van der Waals surface area (Å²) in [6.07, 6.45) is -4.67. The molecule has 0 fully saturated rings. The molecule has 10 heteroatoms. The maximum Gasteiger partial charge on any atom is 0.432 e. The zero-order valence-electron chi connectivity index (χ0n) is 12.8. The minimum Gasteiger partial charge on any atom is -0.462 e. The van der Waals surface area contributed by atoms with Gasteiger partial charge in [-0.2, -0.15) is 13.2 Å². The zero-order valence-corrected chi connectivity index (χ0v) is 16.7. The van der Waals surface area contributed by atoms with Crippen molar-refractivity contribution in [2.75, 3.05) is 6.61 Å². The van der Waals surface area contributed by atoms with E-state index in [0.717, 1.165) is 16.7 Å². The summed E-state index contributed by atoms with van der Waals surface area (Å²) in [6.45, 7) is 1.65. The first-order valence-corrected chi connectivity index (χ1v) is 8.74. The molecule has 0 aliphatic heterocycles. The summed E-state index contributed by atoms with van der Waals surface area (Å²) in [5.74, 6) is -1.67. The second-order valence-electron chi connectivity index (χ2n) is 4.92. The number of rotatable bonds is 3. The van der Waals surface area contributed by atoms with Gasteiger partial charge in [0.1, 0.15) is 11.5 Å². The standard InChI is InChI=1S/C15H10Br2ClF4NO2/c1-3-25-14(24)6-4-7(9(19)5-8(6)18)10-11(16)12(15(20,21)22)23(2)13(10)17/h4-5H,3H2,1-2H3. The fourth-order valence-corrected chi connectivity index (χ4v) is 4.25. The Balaban J connectivity index is 2.76. The summed E-state index contributed by atoms with van der Waals surface area (Å²) in [6, 6.07) is 1.93. The molecule has 25 heavy (non-hydrogen) atoms. The van der Waals surface area contributed by atoms with Crippen LogP contribution in [0.25, 0.3) is 11.1 Å². The summed E-state index contributed by atoms with van der Waals surface area (Å²) in [7, 11) is 1.18. The Morgan fingerprint density at radius 3 is 2.40 bits per heavy atom. The first kappa shape index (κ1) is 20.3. The van der Waals surface area contributed by atoms with Crippen molar-refractivity contribution < 1.29 is 27.1 Å². The molecule has 0 spiro atoms. The van der Waals surface area contributed by atoms with Crippen LogP contribution in [0.15, 0.2) is 21.2 Å². The average Bonchev–Trinajstić information content (AvgIpc) is 2.70. The van der Waals surface area contributed by atoms with Gasteiger partial charge in [-0.3, -0.25) is 0 Å². The molecule has 0 atom stereocenters. The van der Waals surface area contributed by atoms with E-state index in [1.807, 2.05) is 0 Å². The van der Waals surface area contributed by atoms with Crippen LogP contribution in [0.1, 0.15) is 23.0 Å². The Morgan fingerprint density at radius 1 is 1.32 bits per heavy atom. The van der Waals surface area contributed by atoms with E-state index in [1.54, 1.807) is 6.92 Å². The molecule has 0 unspecified atom stereocenters. The monoisotopic (exact) mass is 505 g/mol. The van der Waals surface area contributed by atoms with Crippen molar-refractivity contribution in [2.24, 2.45) is 7.05 Å². The van der Waals surface area contributed by atoms with Crippen LogP contribution in [0.5, 0.6) is 0 Å². The van der Waals surface area contributed by atoms with Crippen molar-refractivity contribution in [3.05, 3.63) is 43.3 Å². The van der Waals surface area contributed by atoms with Crippen molar-refractivity contribution >= 4 is 49.4 Å². The predicted octanol–water partition coefficient (Wildman–Crippen LogP) is 6.21. The van der Waals surface area contributed by atoms with Crippen molar-refractivity contribution in [3.8, 4) is 11.1 Å². The van der Waals surface area contributed by atoms with Gasteiger partial charge in [0.25, 0.3) is 0 Å². The van der Waals surface area contributed by atoms with Crippen LogP contribution in [0.2, 0.25) is 5.02 Å². The summed E-state index contributed by atoms with van der Waals surface area (Å²) in [5, 5.41) is -0.195. The first-order valence-electron chi connectivity index (χ1n) is 6.78. The van der Waals surface area contributed by atoms with Crippen molar-refractivity contribution in [3.63, 3.8) is 0 Å². The molecule has 136 valence electrons. The van der Waals surface area contributed by atoms with Gasteiger partial charge in [0.05, 0.1) is 26.3 Å². The van der Waals surface area contributed by atoms with Gasteiger partial charge in [0, 0.05) is 18.2 Å². The van der Waals surface area contributed by atoms with Crippen molar-refractivity contribution in [2.45, 2.75) is 13.1 Å². The number of esters is 1. The van der Waals surface area contributed by atoms with E-state index in [9.17, 15) is 22.4 Å². The Kier molecular flexibility index (Phi) is 5.90. The molecule has 0 bridgehead atoms. The predicted molar refractivity (Wildman–Crippen MR) is 92.2 cm³/mol. The molecule has 3 nitrogen and oxygen atoms in total. The number of carbonyl (C=O) groups is 1. The summed E-state index contributed by atoms with van der Waals surface area (Å²) in [4.78, 5) is 11.9. The van der Waals surface area contributed by atoms with E-state index < -0.39 is 23.7 Å². The largest absolute Gasteiger partial charge is 0.462 e. The smallest absolute Gasteiger partial charge is 0.432 e. The molecular formula is C15H10Br2ClF4NO2. The number of alkyl halides is 3. The molecule has 0 aliphatic rings. The van der Waals surface area contributed by atoms with Crippen LogP contribution in [-0.4, -0.2) is 17.1 Å². The topological polar surface area (TPSA) is 31.2 Å². The fourth-order valence-electron chi connectivity index (χ4n) is 2.27. The molecule has 1 aromatic heterocycles. The number of halogens is 7. The Hall–Kier alpha value is -1.06. The molecule has 1 heterocycles. The lowest BCUT2D eigenvalue weighted by Gasteiger charge is -2.09. The molecule has 2 rings (SSSR count). The second kappa shape index (κ2) is 7.28. The Labute approximate surface area is 162 Å². The lowest BCUT2D eigenvalue weighted by Crippen LogP contribution is -2.11. The number of carbonyl (C=O) groups excluding carboxylic acids is 1. The lowest BCUT2D eigenvalue weighted by atomic mass is 10.0. The number of ether oxygens (including phenoxy) is 1. The number of aromatic nitrogens is 1. The van der Waals surface area contributed by atoms with E-state index in [1.165, 1.54) is 7.05 Å². The van der Waals surface area contributed by atoms with Crippen LogP contribution >= 0.6 is 43.5 Å². The number of nitrogens with zero attached hydrogens (tertiary/aromatic N) is 1. The molecule has 0 radical (unpaired) electrons. The third kappa shape index (κ3) is 3.73. The van der Waals surface area contributed by atoms with Gasteiger partial charge in [-0.05, 0) is 50.9 Å². The molecule has 2 aromatic rings. The van der Waals surface area contributed by atoms with Gasteiger partial charge in [-0.15, -0.1) is 0 Å². The van der Waals surface area contributed by atoms with E-state index >= 15 is 0 Å². The summed E-state index contributed by atoms with van der Waals surface area (Å²) >= 11 is 11.8. The lowest BCUT2D eigenvalue weighted by molar-refractivity contribution is -0.143. The number of hydrogen-bond donors (Lipinski definition) is 0. The zero-order chi connectivity index (χ0) is 19.1. The molecule has 1 aromatic carbocycles. The van der Waals surface area contributed by atoms with Crippen molar-refractivity contribution in [1.82, 2.24) is 4.57 Å². The third-order valence-corrected chi connectivity index (χ3v) is 5.37. The van der Waals surface area contributed by atoms with Gasteiger partial charge in [0.2, 0.25) is 0 Å². The van der Waals surface area contributed by atoms with Crippen molar-refractivity contribution in [1.29, 1.82) is 0 Å². The highest BCUT2D eigenvalue weighted by atomic mass is 79.9. The van der Waals surface area contributed by atoms with Gasteiger partial charge < -0.3 is 9.30 Å². The summed E-state index contributed by atoms with van der Waals surface area (Å²) < 4.78 is 59.4. The molecule has 0 amide bonds. The van der Waals surface area contributed by atoms with Crippen LogP contribution < -0.4 is 0 Å². The van der Waals surface area contributed by atoms with Crippen LogP contribution in [0.4, 0.5) is 17.6 Å². The number of benzene rings is 1. The molecule has 0 N–H and O–H groups in total. The van der Waals surface area contributed by atoms with E-state index in [0.29, 0.717) is 0 Å². The highest BCUT2D eigenvalue weighted by Crippen LogP contribution is 2.46. The Bertz CT molecular complexity index is 849. The Morgan fingerprint density at radius 2 is 1.92 bits per heavy atom. The first-order chi connectivity index (χ1) is 11.5. The number of hydrogen-bond acceptors (Lipinski definition) is 2. The minimum absolute atomic E-state index is 0.0114. The average molecular weight is 508 g/mol. The molecular weight excluding hydrogens is 497 g/mol. The highest BCUT2D eigenvalue weighted by Gasteiger charge is 2.39. The quantitative estimate of drug-likeness (QED) is 0.366. The van der Waals surface area contributed by atoms with Gasteiger partial charge in [-0.1, -0.05) is 11.6 Å². The van der Waals surface area contributed by atoms with Crippen LogP contribution in [-0.2, 0) is 18.0 Å². The van der Waals surface area contributed by atoms with Crippen LogP contribution in [0.3, 0.4) is 0 Å². The van der Waals surface area contributed by atoms with Gasteiger partial charge in [-0.25, -0.2) is 9.18 Å².